The standard InChI is InChI=1S/C20H17Cl2N5/c1-12-9-14(13(2)27(12)15-7-8-16(21)17(22)10-15)11-23-26-20-24-18-5-3-4-6-19(18)25-20/h3-11H,1-2H3,(H2,24,25,26). The third-order valence-corrected chi connectivity index (χ3v) is 5.13. The maximum atomic E-state index is 6.17. The highest BCUT2D eigenvalue weighted by molar-refractivity contribution is 6.42. The second kappa shape index (κ2) is 7.10. The summed E-state index contributed by atoms with van der Waals surface area (Å²) in [5.41, 5.74) is 8.91. The van der Waals surface area contributed by atoms with E-state index in [4.69, 9.17) is 23.2 Å². The summed E-state index contributed by atoms with van der Waals surface area (Å²) in [5, 5.41) is 5.39. The molecule has 0 saturated carbocycles. The zero-order valence-corrected chi connectivity index (χ0v) is 16.3. The molecule has 0 bridgehead atoms. The van der Waals surface area contributed by atoms with Crippen LogP contribution in [0.1, 0.15) is 17.0 Å². The van der Waals surface area contributed by atoms with Crippen molar-refractivity contribution >= 4 is 46.4 Å². The van der Waals surface area contributed by atoms with Gasteiger partial charge in [-0.1, -0.05) is 35.3 Å². The van der Waals surface area contributed by atoms with Crippen molar-refractivity contribution in [1.82, 2.24) is 14.5 Å². The fourth-order valence-electron chi connectivity index (χ4n) is 3.11. The number of hydrogen-bond donors (Lipinski definition) is 2. The maximum Gasteiger partial charge on any atom is 0.222 e. The average molecular weight is 398 g/mol. The molecule has 0 unspecified atom stereocenters. The number of rotatable bonds is 4. The van der Waals surface area contributed by atoms with Gasteiger partial charge in [-0.3, -0.25) is 0 Å². The molecule has 0 radical (unpaired) electrons. The number of para-hydroxylation sites is 2. The Bertz CT molecular complexity index is 1120. The Kier molecular flexibility index (Phi) is 4.64. The number of fused-ring (bicyclic) bond motifs is 1. The molecule has 7 heteroatoms. The van der Waals surface area contributed by atoms with Gasteiger partial charge in [0.05, 0.1) is 27.3 Å². The Labute approximate surface area is 166 Å². The number of halogens is 2. The average Bonchev–Trinajstić information content (AvgIpc) is 3.18. The predicted octanol–water partition coefficient (Wildman–Crippen LogP) is 5.72. The van der Waals surface area contributed by atoms with E-state index in [1.54, 1.807) is 12.3 Å². The molecule has 0 amide bonds. The van der Waals surface area contributed by atoms with Crippen LogP contribution in [-0.4, -0.2) is 20.7 Å². The molecule has 2 aromatic heterocycles. The van der Waals surface area contributed by atoms with E-state index in [0.717, 1.165) is 33.7 Å². The zero-order valence-electron chi connectivity index (χ0n) is 14.8. The van der Waals surface area contributed by atoms with Crippen LogP contribution in [0.25, 0.3) is 16.7 Å². The zero-order chi connectivity index (χ0) is 19.0. The van der Waals surface area contributed by atoms with E-state index in [-0.39, 0.29) is 0 Å². The molecule has 27 heavy (non-hydrogen) atoms. The number of anilines is 1. The molecule has 0 fully saturated rings. The minimum Gasteiger partial charge on any atom is -0.323 e. The van der Waals surface area contributed by atoms with Crippen LogP contribution in [-0.2, 0) is 0 Å². The highest BCUT2D eigenvalue weighted by Gasteiger charge is 2.11. The predicted molar refractivity (Wildman–Crippen MR) is 113 cm³/mol. The maximum absolute atomic E-state index is 6.17. The minimum atomic E-state index is 0.531. The van der Waals surface area contributed by atoms with Crippen molar-refractivity contribution in [3.63, 3.8) is 0 Å². The van der Waals surface area contributed by atoms with Gasteiger partial charge in [0.15, 0.2) is 0 Å². The van der Waals surface area contributed by atoms with Crippen LogP contribution >= 0.6 is 23.2 Å². The van der Waals surface area contributed by atoms with Crippen LogP contribution in [0.4, 0.5) is 5.95 Å². The van der Waals surface area contributed by atoms with E-state index in [0.29, 0.717) is 16.0 Å². The SMILES string of the molecule is Cc1cc(C=NNc2nc3ccccc3[nH]2)c(C)n1-c1ccc(Cl)c(Cl)c1. The van der Waals surface area contributed by atoms with Gasteiger partial charge in [0.1, 0.15) is 0 Å². The topological polar surface area (TPSA) is 58.0 Å². The minimum absolute atomic E-state index is 0.531. The Balaban J connectivity index is 1.59. The highest BCUT2D eigenvalue weighted by Crippen LogP contribution is 2.27. The lowest BCUT2D eigenvalue weighted by atomic mass is 10.2. The van der Waals surface area contributed by atoms with E-state index < -0.39 is 0 Å². The van der Waals surface area contributed by atoms with Gasteiger partial charge in [0.25, 0.3) is 0 Å². The normalized spacial score (nSPS) is 11.6. The fourth-order valence-corrected chi connectivity index (χ4v) is 3.40. The third kappa shape index (κ3) is 3.44. The molecule has 2 heterocycles. The van der Waals surface area contributed by atoms with Crippen LogP contribution in [0.3, 0.4) is 0 Å². The molecule has 2 N–H and O–H groups in total. The first kappa shape index (κ1) is 17.6. The second-order valence-corrected chi connectivity index (χ2v) is 7.05. The number of aromatic amines is 1. The summed E-state index contributed by atoms with van der Waals surface area (Å²) in [6.07, 6.45) is 1.78. The first-order chi connectivity index (χ1) is 13.0. The van der Waals surface area contributed by atoms with Crippen molar-refractivity contribution in [1.29, 1.82) is 0 Å². The van der Waals surface area contributed by atoms with Gasteiger partial charge in [-0.15, -0.1) is 0 Å². The van der Waals surface area contributed by atoms with Gasteiger partial charge < -0.3 is 9.55 Å². The molecule has 136 valence electrons. The Morgan fingerprint density at radius 2 is 1.89 bits per heavy atom. The Morgan fingerprint density at radius 1 is 1.07 bits per heavy atom. The summed E-state index contributed by atoms with van der Waals surface area (Å²) in [6.45, 7) is 4.08. The molecule has 0 atom stereocenters. The number of hydrazone groups is 1. The summed E-state index contributed by atoms with van der Waals surface area (Å²) in [7, 11) is 0. The van der Waals surface area contributed by atoms with Crippen molar-refractivity contribution in [2.24, 2.45) is 5.10 Å². The number of aromatic nitrogens is 3. The quantitative estimate of drug-likeness (QED) is 0.341. The molecule has 4 rings (SSSR count). The van der Waals surface area contributed by atoms with Crippen molar-refractivity contribution in [2.75, 3.05) is 5.43 Å². The molecule has 4 aromatic rings. The molecule has 0 spiro atoms. The van der Waals surface area contributed by atoms with E-state index >= 15 is 0 Å². The summed E-state index contributed by atoms with van der Waals surface area (Å²) in [4.78, 5) is 7.62. The molecule has 2 aromatic carbocycles. The van der Waals surface area contributed by atoms with E-state index in [1.807, 2.05) is 50.2 Å². The Hall–Kier alpha value is -2.76. The van der Waals surface area contributed by atoms with E-state index in [2.05, 4.69) is 31.1 Å². The molecular formula is C20H17Cl2N5. The molecule has 0 saturated heterocycles. The van der Waals surface area contributed by atoms with Crippen LogP contribution in [0.15, 0.2) is 53.6 Å². The van der Waals surface area contributed by atoms with Crippen LogP contribution in [0.2, 0.25) is 10.0 Å². The number of H-pyrrole nitrogens is 1. The third-order valence-electron chi connectivity index (χ3n) is 4.40. The van der Waals surface area contributed by atoms with Gasteiger partial charge in [-0.25, -0.2) is 10.4 Å². The molecule has 5 nitrogen and oxygen atoms in total. The number of imidazole rings is 1. The molecule has 0 aliphatic heterocycles. The van der Waals surface area contributed by atoms with Crippen molar-refractivity contribution in [3.8, 4) is 5.69 Å². The highest BCUT2D eigenvalue weighted by atomic mass is 35.5. The summed E-state index contributed by atoms with van der Waals surface area (Å²) < 4.78 is 2.12. The van der Waals surface area contributed by atoms with Gasteiger partial charge in [0.2, 0.25) is 5.95 Å². The number of hydrogen-bond acceptors (Lipinski definition) is 3. The molecule has 0 aliphatic rings. The van der Waals surface area contributed by atoms with Crippen molar-refractivity contribution < 1.29 is 0 Å². The lowest BCUT2D eigenvalue weighted by Crippen LogP contribution is -2.00. The van der Waals surface area contributed by atoms with Crippen LogP contribution in [0, 0.1) is 13.8 Å². The van der Waals surface area contributed by atoms with Gasteiger partial charge in [-0.05, 0) is 50.2 Å². The smallest absolute Gasteiger partial charge is 0.222 e. The van der Waals surface area contributed by atoms with E-state index in [9.17, 15) is 0 Å². The number of aryl methyl sites for hydroxylation is 1. The molecular weight excluding hydrogens is 381 g/mol. The first-order valence-corrected chi connectivity index (χ1v) is 9.17. The monoisotopic (exact) mass is 397 g/mol. The number of nitrogens with zero attached hydrogens (tertiary/aromatic N) is 3. The van der Waals surface area contributed by atoms with Gasteiger partial charge >= 0.3 is 0 Å². The molecule has 0 aliphatic carbocycles. The van der Waals surface area contributed by atoms with Crippen LogP contribution in [0.5, 0.6) is 0 Å². The number of nitrogens with one attached hydrogen (secondary N) is 2. The van der Waals surface area contributed by atoms with Crippen molar-refractivity contribution in [2.45, 2.75) is 13.8 Å². The lowest BCUT2D eigenvalue weighted by Gasteiger charge is -2.10. The van der Waals surface area contributed by atoms with Crippen LogP contribution < -0.4 is 5.43 Å². The largest absolute Gasteiger partial charge is 0.323 e. The van der Waals surface area contributed by atoms with Gasteiger partial charge in [0, 0.05) is 22.6 Å². The summed E-state index contributed by atoms with van der Waals surface area (Å²) in [5.74, 6) is 0.603. The first-order valence-electron chi connectivity index (χ1n) is 8.41. The number of benzene rings is 2. The summed E-state index contributed by atoms with van der Waals surface area (Å²) in [6, 6.07) is 15.5. The van der Waals surface area contributed by atoms with E-state index in [1.165, 1.54) is 0 Å². The van der Waals surface area contributed by atoms with Crippen molar-refractivity contribution in [3.05, 3.63) is 75.5 Å². The summed E-state index contributed by atoms with van der Waals surface area (Å²) >= 11 is 12.2. The second-order valence-electron chi connectivity index (χ2n) is 6.23. The lowest BCUT2D eigenvalue weighted by molar-refractivity contribution is 0.965. The fraction of sp³-hybridized carbons (Fsp3) is 0.100. The Morgan fingerprint density at radius 3 is 2.67 bits per heavy atom. The van der Waals surface area contributed by atoms with Gasteiger partial charge in [-0.2, -0.15) is 5.10 Å².